The molecular formula is C22H32IN3O4. The molecule has 1 aromatic heterocycles. The second-order valence-electron chi connectivity index (χ2n) is 7.08. The van der Waals surface area contributed by atoms with Gasteiger partial charge in [-0.1, -0.05) is 19.3 Å². The summed E-state index contributed by atoms with van der Waals surface area (Å²) in [6, 6.07) is 8.06. The number of anilines is 1. The van der Waals surface area contributed by atoms with Gasteiger partial charge in [0.1, 0.15) is 5.76 Å². The van der Waals surface area contributed by atoms with Crippen LogP contribution >= 0.6 is 24.0 Å². The third-order valence-electron chi connectivity index (χ3n) is 5.08. The summed E-state index contributed by atoms with van der Waals surface area (Å²) in [7, 11) is 4.82. The van der Waals surface area contributed by atoms with Crippen LogP contribution in [0.2, 0.25) is 0 Å². The van der Waals surface area contributed by atoms with E-state index < -0.39 is 0 Å². The predicted octanol–water partition coefficient (Wildman–Crippen LogP) is 4.86. The lowest BCUT2D eigenvalue weighted by molar-refractivity contribution is 0.324. The van der Waals surface area contributed by atoms with E-state index in [1.54, 1.807) is 27.6 Å². The van der Waals surface area contributed by atoms with Crippen LogP contribution in [-0.2, 0) is 6.42 Å². The molecule has 2 aromatic rings. The smallest absolute Gasteiger partial charge is 0.203 e. The Balaban J connectivity index is 0.00000320. The molecule has 0 radical (unpaired) electrons. The number of furan rings is 1. The van der Waals surface area contributed by atoms with E-state index in [-0.39, 0.29) is 24.0 Å². The number of ether oxygens (including phenoxy) is 3. The van der Waals surface area contributed by atoms with E-state index in [9.17, 15) is 0 Å². The number of methoxy groups -OCH3 is 3. The second kappa shape index (κ2) is 12.6. The zero-order chi connectivity index (χ0) is 20.5. The molecule has 0 spiro atoms. The number of aliphatic imine (C=N–C) groups is 1. The third-order valence-corrected chi connectivity index (χ3v) is 5.08. The van der Waals surface area contributed by atoms with Gasteiger partial charge in [0.25, 0.3) is 0 Å². The van der Waals surface area contributed by atoms with Crippen molar-refractivity contribution in [2.75, 3.05) is 33.2 Å². The van der Waals surface area contributed by atoms with Crippen molar-refractivity contribution in [3.05, 3.63) is 36.3 Å². The van der Waals surface area contributed by atoms with Gasteiger partial charge in [0.15, 0.2) is 17.5 Å². The number of nitrogens with zero attached hydrogens (tertiary/aromatic N) is 1. The molecule has 7 nitrogen and oxygen atoms in total. The van der Waals surface area contributed by atoms with Crippen LogP contribution in [0, 0.1) is 0 Å². The summed E-state index contributed by atoms with van der Waals surface area (Å²) in [6.45, 7) is 0.625. The molecule has 1 aliphatic rings. The standard InChI is InChI=1S/C22H31N3O4.HI/c1-26-19-14-17(15-20(27-2)21(19)28-3)25-22(24-16-8-5-4-6-9-16)23-12-11-18-10-7-13-29-18;/h7,10,13-16H,4-6,8-9,11-12H2,1-3H3,(H2,23,24,25);1H. The average molecular weight is 529 g/mol. The molecule has 0 aliphatic heterocycles. The van der Waals surface area contributed by atoms with Crippen LogP contribution in [-0.4, -0.2) is 39.9 Å². The number of guanidine groups is 1. The van der Waals surface area contributed by atoms with Gasteiger partial charge in [-0.25, -0.2) is 0 Å². The van der Waals surface area contributed by atoms with Crippen molar-refractivity contribution in [3.8, 4) is 17.2 Å². The monoisotopic (exact) mass is 529 g/mol. The topological polar surface area (TPSA) is 77.2 Å². The molecule has 1 saturated carbocycles. The van der Waals surface area contributed by atoms with Gasteiger partial charge in [-0.15, -0.1) is 24.0 Å². The molecule has 3 rings (SSSR count). The summed E-state index contributed by atoms with van der Waals surface area (Å²) >= 11 is 0. The second-order valence-corrected chi connectivity index (χ2v) is 7.08. The first kappa shape index (κ1) is 24.2. The van der Waals surface area contributed by atoms with Crippen LogP contribution in [0.3, 0.4) is 0 Å². The molecular weight excluding hydrogens is 497 g/mol. The Morgan fingerprint density at radius 1 is 1.07 bits per heavy atom. The quantitative estimate of drug-likeness (QED) is 0.289. The van der Waals surface area contributed by atoms with Crippen LogP contribution in [0.15, 0.2) is 39.9 Å². The van der Waals surface area contributed by atoms with Crippen molar-refractivity contribution in [1.82, 2.24) is 5.32 Å². The normalized spacial score (nSPS) is 14.6. The van der Waals surface area contributed by atoms with Crippen LogP contribution in [0.25, 0.3) is 0 Å². The largest absolute Gasteiger partial charge is 0.493 e. The predicted molar refractivity (Wildman–Crippen MR) is 130 cm³/mol. The SMILES string of the molecule is COc1cc(NC(=NCCc2ccco2)NC2CCCCC2)cc(OC)c1OC.I. The third kappa shape index (κ3) is 6.72. The molecule has 8 heteroatoms. The average Bonchev–Trinajstić information content (AvgIpc) is 3.27. The number of hydrogen-bond donors (Lipinski definition) is 2. The van der Waals surface area contributed by atoms with Crippen LogP contribution in [0.5, 0.6) is 17.2 Å². The highest BCUT2D eigenvalue weighted by atomic mass is 127. The molecule has 0 amide bonds. The number of benzene rings is 1. The van der Waals surface area contributed by atoms with E-state index in [2.05, 4.69) is 10.6 Å². The number of rotatable bonds is 8. The number of hydrogen-bond acceptors (Lipinski definition) is 5. The van der Waals surface area contributed by atoms with E-state index in [1.165, 1.54) is 19.3 Å². The Hall–Kier alpha value is -2.10. The van der Waals surface area contributed by atoms with Gasteiger partial charge in [0.2, 0.25) is 5.75 Å². The molecule has 1 aromatic carbocycles. The molecule has 0 saturated heterocycles. The molecule has 0 unspecified atom stereocenters. The molecule has 0 bridgehead atoms. The minimum absolute atomic E-state index is 0. The van der Waals surface area contributed by atoms with Gasteiger partial charge >= 0.3 is 0 Å². The molecule has 2 N–H and O–H groups in total. The van der Waals surface area contributed by atoms with Gasteiger partial charge in [-0.3, -0.25) is 4.99 Å². The minimum Gasteiger partial charge on any atom is -0.493 e. The minimum atomic E-state index is 0. The highest BCUT2D eigenvalue weighted by Gasteiger charge is 2.17. The number of halogens is 1. The van der Waals surface area contributed by atoms with E-state index in [0.29, 0.717) is 29.8 Å². The van der Waals surface area contributed by atoms with Crippen molar-refractivity contribution in [2.24, 2.45) is 4.99 Å². The van der Waals surface area contributed by atoms with Gasteiger partial charge < -0.3 is 29.3 Å². The van der Waals surface area contributed by atoms with E-state index in [1.807, 2.05) is 24.3 Å². The van der Waals surface area contributed by atoms with Crippen molar-refractivity contribution in [2.45, 2.75) is 44.6 Å². The fourth-order valence-corrected chi connectivity index (χ4v) is 3.58. The first-order valence-corrected chi connectivity index (χ1v) is 10.1. The Kier molecular flexibility index (Phi) is 10.1. The van der Waals surface area contributed by atoms with Crippen molar-refractivity contribution in [1.29, 1.82) is 0 Å². The molecule has 166 valence electrons. The Morgan fingerprint density at radius 2 is 1.77 bits per heavy atom. The fraction of sp³-hybridized carbons (Fsp3) is 0.500. The lowest BCUT2D eigenvalue weighted by Gasteiger charge is -2.25. The lowest BCUT2D eigenvalue weighted by atomic mass is 9.96. The molecule has 1 aliphatic carbocycles. The zero-order valence-corrected chi connectivity index (χ0v) is 20.2. The molecule has 30 heavy (non-hydrogen) atoms. The lowest BCUT2D eigenvalue weighted by Crippen LogP contribution is -2.40. The number of nitrogens with one attached hydrogen (secondary N) is 2. The molecule has 1 heterocycles. The van der Waals surface area contributed by atoms with E-state index in [4.69, 9.17) is 23.6 Å². The van der Waals surface area contributed by atoms with Crippen molar-refractivity contribution < 1.29 is 18.6 Å². The highest BCUT2D eigenvalue weighted by molar-refractivity contribution is 14.0. The zero-order valence-electron chi connectivity index (χ0n) is 17.9. The maximum atomic E-state index is 5.46. The van der Waals surface area contributed by atoms with Gasteiger partial charge in [-0.2, -0.15) is 0 Å². The molecule has 1 fully saturated rings. The van der Waals surface area contributed by atoms with Gasteiger partial charge in [0, 0.05) is 36.8 Å². The van der Waals surface area contributed by atoms with Crippen LogP contribution in [0.1, 0.15) is 37.9 Å². The summed E-state index contributed by atoms with van der Waals surface area (Å²) in [5.41, 5.74) is 0.819. The summed E-state index contributed by atoms with van der Waals surface area (Å²) in [4.78, 5) is 4.76. The first-order chi connectivity index (χ1) is 14.2. The van der Waals surface area contributed by atoms with Crippen molar-refractivity contribution >= 4 is 35.6 Å². The highest BCUT2D eigenvalue weighted by Crippen LogP contribution is 2.39. The van der Waals surface area contributed by atoms with E-state index in [0.717, 1.165) is 36.7 Å². The maximum absolute atomic E-state index is 5.46. The summed E-state index contributed by atoms with van der Waals surface area (Å²) in [5, 5.41) is 6.98. The van der Waals surface area contributed by atoms with E-state index >= 15 is 0 Å². The Labute approximate surface area is 195 Å². The summed E-state index contributed by atoms with van der Waals surface area (Å²) in [6.07, 6.45) is 8.57. The Bertz CT molecular complexity index is 765. The van der Waals surface area contributed by atoms with Crippen LogP contribution in [0.4, 0.5) is 5.69 Å². The summed E-state index contributed by atoms with van der Waals surface area (Å²) in [5.74, 6) is 3.44. The summed E-state index contributed by atoms with van der Waals surface area (Å²) < 4.78 is 21.8. The van der Waals surface area contributed by atoms with Crippen molar-refractivity contribution in [3.63, 3.8) is 0 Å². The van der Waals surface area contributed by atoms with Gasteiger partial charge in [-0.05, 0) is 25.0 Å². The maximum Gasteiger partial charge on any atom is 0.203 e. The molecule has 0 atom stereocenters. The van der Waals surface area contributed by atoms with Gasteiger partial charge in [0.05, 0.1) is 27.6 Å². The Morgan fingerprint density at radius 3 is 2.33 bits per heavy atom. The first-order valence-electron chi connectivity index (χ1n) is 10.1. The fourth-order valence-electron chi connectivity index (χ4n) is 3.58. The van der Waals surface area contributed by atoms with Crippen LogP contribution < -0.4 is 24.8 Å².